The largest absolute Gasteiger partial charge is 0.378 e. The van der Waals surface area contributed by atoms with Crippen LogP contribution in [0.4, 0.5) is 11.8 Å². The van der Waals surface area contributed by atoms with Gasteiger partial charge in [0.05, 0.1) is 37.6 Å². The van der Waals surface area contributed by atoms with Crippen LogP contribution >= 0.6 is 11.6 Å². The number of nitrogens with zero attached hydrogens (tertiary/aromatic N) is 5. The zero-order chi connectivity index (χ0) is 20.1. The van der Waals surface area contributed by atoms with Gasteiger partial charge in [0.25, 0.3) is 5.91 Å². The van der Waals surface area contributed by atoms with Crippen LogP contribution in [0.2, 0.25) is 5.02 Å². The Morgan fingerprint density at radius 1 is 1.07 bits per heavy atom. The van der Waals surface area contributed by atoms with E-state index in [2.05, 4.69) is 25.2 Å². The van der Waals surface area contributed by atoms with E-state index in [1.807, 2.05) is 17.0 Å². The third-order valence-corrected chi connectivity index (χ3v) is 5.13. The highest BCUT2D eigenvalue weighted by molar-refractivity contribution is 6.33. The second kappa shape index (κ2) is 9.34. The number of hydrogen-bond donors (Lipinski definition) is 1. The summed E-state index contributed by atoms with van der Waals surface area (Å²) in [6.45, 7) is 5.80. The molecule has 0 bridgehead atoms. The first-order valence-electron chi connectivity index (χ1n) is 9.62. The number of carbonyl (C=O) groups is 1. The zero-order valence-corrected chi connectivity index (χ0v) is 16.8. The Hall–Kier alpha value is -2.49. The van der Waals surface area contributed by atoms with E-state index in [4.69, 9.17) is 21.1 Å². The number of pyridine rings is 1. The van der Waals surface area contributed by atoms with Crippen LogP contribution in [0.1, 0.15) is 16.1 Å². The predicted molar refractivity (Wildman–Crippen MR) is 109 cm³/mol. The fourth-order valence-corrected chi connectivity index (χ4v) is 3.50. The Bertz CT molecular complexity index is 856. The average Bonchev–Trinajstić information content (AvgIpc) is 2.79. The molecule has 154 valence electrons. The summed E-state index contributed by atoms with van der Waals surface area (Å²) < 4.78 is 10.8. The molecule has 0 aliphatic carbocycles. The van der Waals surface area contributed by atoms with Crippen LogP contribution in [-0.4, -0.2) is 73.5 Å². The Morgan fingerprint density at radius 3 is 2.48 bits per heavy atom. The van der Waals surface area contributed by atoms with Gasteiger partial charge in [-0.3, -0.25) is 4.79 Å². The summed E-state index contributed by atoms with van der Waals surface area (Å²) in [5, 5.41) is 3.13. The van der Waals surface area contributed by atoms with E-state index in [9.17, 15) is 4.79 Å². The minimum absolute atomic E-state index is 0.167. The molecule has 1 amide bonds. The molecule has 2 aliphatic heterocycles. The van der Waals surface area contributed by atoms with Gasteiger partial charge in [0, 0.05) is 44.5 Å². The SMILES string of the molecule is O=C(NCc1cccnc1N1CCOCC1)c1nc(N2CCOCC2)ncc1Cl. The van der Waals surface area contributed by atoms with E-state index in [-0.39, 0.29) is 16.6 Å². The molecular weight excluding hydrogens is 396 g/mol. The predicted octanol–water partition coefficient (Wildman–Crippen LogP) is 1.13. The van der Waals surface area contributed by atoms with Crippen molar-refractivity contribution in [1.82, 2.24) is 20.3 Å². The van der Waals surface area contributed by atoms with Gasteiger partial charge in [-0.25, -0.2) is 15.0 Å². The molecule has 29 heavy (non-hydrogen) atoms. The molecule has 0 saturated carbocycles. The van der Waals surface area contributed by atoms with Crippen molar-refractivity contribution in [2.75, 3.05) is 62.4 Å². The maximum Gasteiger partial charge on any atom is 0.271 e. The van der Waals surface area contributed by atoms with Gasteiger partial charge in [-0.15, -0.1) is 0 Å². The first-order valence-corrected chi connectivity index (χ1v) is 10.00. The molecule has 4 rings (SSSR count). The van der Waals surface area contributed by atoms with E-state index in [1.165, 1.54) is 6.20 Å². The second-order valence-electron chi connectivity index (χ2n) is 6.73. The van der Waals surface area contributed by atoms with Gasteiger partial charge < -0.3 is 24.6 Å². The number of ether oxygens (including phenoxy) is 2. The lowest BCUT2D eigenvalue weighted by molar-refractivity contribution is 0.0945. The minimum Gasteiger partial charge on any atom is -0.378 e. The van der Waals surface area contributed by atoms with Crippen molar-refractivity contribution in [2.45, 2.75) is 6.54 Å². The summed E-state index contributed by atoms with van der Waals surface area (Å²) in [4.78, 5) is 30.1. The fourth-order valence-electron chi connectivity index (χ4n) is 3.32. The average molecular weight is 419 g/mol. The van der Waals surface area contributed by atoms with Gasteiger partial charge >= 0.3 is 0 Å². The fraction of sp³-hybridized carbons (Fsp3) is 0.474. The van der Waals surface area contributed by atoms with Gasteiger partial charge in [0.15, 0.2) is 5.69 Å². The Balaban J connectivity index is 1.46. The van der Waals surface area contributed by atoms with Crippen molar-refractivity contribution in [2.24, 2.45) is 0 Å². The van der Waals surface area contributed by atoms with Crippen LogP contribution < -0.4 is 15.1 Å². The quantitative estimate of drug-likeness (QED) is 0.772. The van der Waals surface area contributed by atoms with Gasteiger partial charge in [-0.1, -0.05) is 17.7 Å². The van der Waals surface area contributed by atoms with Crippen LogP contribution in [0.25, 0.3) is 0 Å². The molecule has 2 aromatic heterocycles. The Labute approximate surface area is 174 Å². The normalized spacial score (nSPS) is 17.3. The Morgan fingerprint density at radius 2 is 1.76 bits per heavy atom. The smallest absolute Gasteiger partial charge is 0.271 e. The van der Waals surface area contributed by atoms with Gasteiger partial charge in [-0.05, 0) is 6.07 Å². The monoisotopic (exact) mass is 418 g/mol. The molecule has 9 nitrogen and oxygen atoms in total. The van der Waals surface area contributed by atoms with Crippen molar-refractivity contribution >= 4 is 29.3 Å². The zero-order valence-electron chi connectivity index (χ0n) is 16.0. The number of rotatable bonds is 5. The molecule has 10 heteroatoms. The molecule has 2 aromatic rings. The highest BCUT2D eigenvalue weighted by Crippen LogP contribution is 2.20. The molecule has 4 heterocycles. The lowest BCUT2D eigenvalue weighted by Gasteiger charge is -2.29. The number of carbonyl (C=O) groups excluding carboxylic acids is 1. The molecule has 2 fully saturated rings. The van der Waals surface area contributed by atoms with E-state index >= 15 is 0 Å². The van der Waals surface area contributed by atoms with Gasteiger partial charge in [0.1, 0.15) is 5.82 Å². The number of halogens is 1. The molecule has 0 radical (unpaired) electrons. The van der Waals surface area contributed by atoms with Crippen LogP contribution in [0.15, 0.2) is 24.5 Å². The standard InChI is InChI=1S/C19H23ClN6O3/c20-15-13-23-19(26-6-10-29-11-7-26)24-16(15)18(27)22-12-14-2-1-3-21-17(14)25-4-8-28-9-5-25/h1-3,13H,4-12H2,(H,22,27). The van der Waals surface area contributed by atoms with Crippen LogP contribution in [0.5, 0.6) is 0 Å². The minimum atomic E-state index is -0.344. The third kappa shape index (κ3) is 4.75. The summed E-state index contributed by atoms with van der Waals surface area (Å²) in [6, 6.07) is 3.82. The van der Waals surface area contributed by atoms with Crippen LogP contribution in [-0.2, 0) is 16.0 Å². The van der Waals surface area contributed by atoms with Gasteiger partial charge in [0.2, 0.25) is 5.95 Å². The number of morpholine rings is 2. The summed E-state index contributed by atoms with van der Waals surface area (Å²) in [7, 11) is 0. The lowest BCUT2D eigenvalue weighted by Crippen LogP contribution is -2.38. The number of hydrogen-bond acceptors (Lipinski definition) is 8. The third-order valence-electron chi connectivity index (χ3n) is 4.86. The number of aromatic nitrogens is 3. The van der Waals surface area contributed by atoms with Crippen molar-refractivity contribution < 1.29 is 14.3 Å². The van der Waals surface area contributed by atoms with Crippen LogP contribution in [0, 0.1) is 0 Å². The van der Waals surface area contributed by atoms with E-state index in [0.717, 1.165) is 24.5 Å². The number of amides is 1. The first-order chi connectivity index (χ1) is 14.2. The molecule has 0 spiro atoms. The number of anilines is 2. The summed E-state index contributed by atoms with van der Waals surface area (Å²) >= 11 is 6.20. The molecule has 1 N–H and O–H groups in total. The first kappa shape index (κ1) is 19.8. The van der Waals surface area contributed by atoms with Gasteiger partial charge in [-0.2, -0.15) is 0 Å². The highest BCUT2D eigenvalue weighted by atomic mass is 35.5. The van der Waals surface area contributed by atoms with Crippen molar-refractivity contribution in [1.29, 1.82) is 0 Å². The lowest BCUT2D eigenvalue weighted by atomic mass is 10.2. The molecular formula is C19H23ClN6O3. The molecule has 2 saturated heterocycles. The van der Waals surface area contributed by atoms with Crippen LogP contribution in [0.3, 0.4) is 0 Å². The molecule has 0 aromatic carbocycles. The molecule has 0 unspecified atom stereocenters. The second-order valence-corrected chi connectivity index (χ2v) is 7.14. The van der Waals surface area contributed by atoms with Crippen molar-refractivity contribution in [3.05, 3.63) is 40.8 Å². The summed E-state index contributed by atoms with van der Waals surface area (Å²) in [6.07, 6.45) is 3.23. The van der Waals surface area contributed by atoms with Crippen molar-refractivity contribution in [3.63, 3.8) is 0 Å². The van der Waals surface area contributed by atoms with Crippen molar-refractivity contribution in [3.8, 4) is 0 Å². The Kier molecular flexibility index (Phi) is 6.38. The van der Waals surface area contributed by atoms with E-state index in [0.29, 0.717) is 52.0 Å². The molecule has 2 aliphatic rings. The summed E-state index contributed by atoms with van der Waals surface area (Å²) in [5.41, 5.74) is 1.10. The van der Waals surface area contributed by atoms with E-state index in [1.54, 1.807) is 6.20 Å². The molecule has 0 atom stereocenters. The summed E-state index contributed by atoms with van der Waals surface area (Å²) in [5.74, 6) is 1.00. The number of nitrogens with one attached hydrogen (secondary N) is 1. The topological polar surface area (TPSA) is 92.7 Å². The van der Waals surface area contributed by atoms with E-state index < -0.39 is 0 Å². The maximum atomic E-state index is 12.8. The maximum absolute atomic E-state index is 12.8. The highest BCUT2D eigenvalue weighted by Gasteiger charge is 2.20.